The molecule has 2 N–H and O–H groups in total. The van der Waals surface area contributed by atoms with Crippen molar-refractivity contribution in [1.82, 2.24) is 9.55 Å². The summed E-state index contributed by atoms with van der Waals surface area (Å²) in [6.45, 7) is 0.0834. The van der Waals surface area contributed by atoms with E-state index in [1.54, 1.807) is 24.3 Å². The zero-order valence-electron chi connectivity index (χ0n) is 18.2. The Morgan fingerprint density at radius 2 is 1.79 bits per heavy atom. The monoisotopic (exact) mass is 452 g/mol. The molecular weight excluding hydrogens is 428 g/mol. The van der Waals surface area contributed by atoms with Gasteiger partial charge in [-0.2, -0.15) is 0 Å². The first-order chi connectivity index (χ1) is 16.0. The van der Waals surface area contributed by atoms with Crippen molar-refractivity contribution in [3.05, 3.63) is 76.7 Å². The van der Waals surface area contributed by atoms with E-state index in [9.17, 15) is 14.4 Å². The lowest BCUT2D eigenvalue weighted by Crippen LogP contribution is -2.33. The van der Waals surface area contributed by atoms with E-state index in [2.05, 4.69) is 15.6 Å². The lowest BCUT2D eigenvalue weighted by atomic mass is 10.2. The number of ether oxygens (including phenoxy) is 3. The number of nitrogens with zero attached hydrogens (tertiary/aromatic N) is 2. The van der Waals surface area contributed by atoms with Gasteiger partial charge in [0.05, 0.1) is 12.7 Å². The lowest BCUT2D eigenvalue weighted by Gasteiger charge is -2.19. The molecule has 0 fully saturated rings. The Balaban J connectivity index is 1.87. The molecule has 33 heavy (non-hydrogen) atoms. The second-order valence-electron chi connectivity index (χ2n) is 6.84. The van der Waals surface area contributed by atoms with Crippen LogP contribution in [0.4, 0.5) is 16.2 Å². The maximum absolute atomic E-state index is 13.2. The normalized spacial score (nSPS) is 10.6. The minimum Gasteiger partial charge on any atom is -0.444 e. The third-order valence-corrected chi connectivity index (χ3v) is 4.72. The summed E-state index contributed by atoms with van der Waals surface area (Å²) in [5.41, 5.74) is 1.46. The molecule has 0 aliphatic heterocycles. The van der Waals surface area contributed by atoms with Gasteiger partial charge in [-0.15, -0.1) is 0 Å². The standard InChI is InChI=1S/C23H24N4O6/c1-31-20(32-2)13-27-21(17-8-10-18(11-9-17)25-15-28)24-12-19(22(27)29)26-23(30)33-14-16-6-4-3-5-7-16/h3-12,15,20H,13-14H2,1-2H3,(H,25,28)(H,26,30). The van der Waals surface area contributed by atoms with Crippen LogP contribution in [0.3, 0.4) is 0 Å². The summed E-state index contributed by atoms with van der Waals surface area (Å²) in [7, 11) is 2.91. The number of aromatic nitrogens is 2. The van der Waals surface area contributed by atoms with Gasteiger partial charge in [0.2, 0.25) is 6.41 Å². The van der Waals surface area contributed by atoms with Crippen LogP contribution < -0.4 is 16.2 Å². The molecule has 2 amide bonds. The Kier molecular flexibility index (Phi) is 8.28. The molecule has 172 valence electrons. The molecule has 10 nitrogen and oxygen atoms in total. The van der Waals surface area contributed by atoms with Crippen molar-refractivity contribution in [3.63, 3.8) is 0 Å². The fraction of sp³-hybridized carbons (Fsp3) is 0.217. The summed E-state index contributed by atoms with van der Waals surface area (Å²) < 4.78 is 17.0. The highest BCUT2D eigenvalue weighted by Gasteiger charge is 2.18. The van der Waals surface area contributed by atoms with Crippen molar-refractivity contribution in [3.8, 4) is 11.4 Å². The number of anilines is 2. The Hall–Kier alpha value is -4.02. The van der Waals surface area contributed by atoms with E-state index in [-0.39, 0.29) is 18.8 Å². The number of amides is 2. The van der Waals surface area contributed by atoms with Gasteiger partial charge in [0, 0.05) is 25.5 Å². The third-order valence-electron chi connectivity index (χ3n) is 4.72. The third kappa shape index (κ3) is 6.25. The van der Waals surface area contributed by atoms with Crippen LogP contribution in [-0.4, -0.2) is 42.6 Å². The molecule has 3 rings (SSSR count). The average molecular weight is 452 g/mol. The number of nitrogens with one attached hydrogen (secondary N) is 2. The fourth-order valence-electron chi connectivity index (χ4n) is 3.02. The molecule has 0 atom stereocenters. The Morgan fingerprint density at radius 3 is 2.42 bits per heavy atom. The SMILES string of the molecule is COC(Cn1c(-c2ccc(NC=O)cc2)ncc(NC(=O)OCc2ccccc2)c1=O)OC. The van der Waals surface area contributed by atoms with Gasteiger partial charge in [-0.25, -0.2) is 9.78 Å². The summed E-state index contributed by atoms with van der Waals surface area (Å²) in [5.74, 6) is 0.333. The summed E-state index contributed by atoms with van der Waals surface area (Å²) in [6.07, 6.45) is 0.336. The number of rotatable bonds is 10. The molecule has 0 bridgehead atoms. The van der Waals surface area contributed by atoms with Crippen molar-refractivity contribution < 1.29 is 23.8 Å². The van der Waals surface area contributed by atoms with Crippen molar-refractivity contribution in [2.45, 2.75) is 19.4 Å². The largest absolute Gasteiger partial charge is 0.444 e. The van der Waals surface area contributed by atoms with E-state index in [0.29, 0.717) is 23.5 Å². The Bertz CT molecular complexity index is 1130. The highest BCUT2D eigenvalue weighted by molar-refractivity contribution is 5.84. The Morgan fingerprint density at radius 1 is 1.09 bits per heavy atom. The van der Waals surface area contributed by atoms with Gasteiger partial charge in [-0.05, 0) is 29.8 Å². The predicted molar refractivity (Wildman–Crippen MR) is 122 cm³/mol. The van der Waals surface area contributed by atoms with Crippen LogP contribution in [0.25, 0.3) is 11.4 Å². The second kappa shape index (κ2) is 11.6. The van der Waals surface area contributed by atoms with E-state index < -0.39 is 17.9 Å². The van der Waals surface area contributed by atoms with Crippen molar-refractivity contribution in [1.29, 1.82) is 0 Å². The molecule has 1 aromatic heterocycles. The molecule has 0 spiro atoms. The van der Waals surface area contributed by atoms with Crippen LogP contribution in [0, 0.1) is 0 Å². The number of benzene rings is 2. The maximum Gasteiger partial charge on any atom is 0.412 e. The molecule has 0 saturated heterocycles. The average Bonchev–Trinajstić information content (AvgIpc) is 2.84. The molecule has 0 aliphatic rings. The molecular formula is C23H24N4O6. The first-order valence-corrected chi connectivity index (χ1v) is 9.99. The van der Waals surface area contributed by atoms with Gasteiger partial charge in [-0.3, -0.25) is 19.5 Å². The quantitative estimate of drug-likeness (QED) is 0.358. The first kappa shape index (κ1) is 23.6. The zero-order valence-corrected chi connectivity index (χ0v) is 18.2. The molecule has 0 saturated carbocycles. The van der Waals surface area contributed by atoms with Crippen LogP contribution >= 0.6 is 0 Å². The van der Waals surface area contributed by atoms with Crippen LogP contribution in [0.2, 0.25) is 0 Å². The minimum atomic E-state index is -0.781. The van der Waals surface area contributed by atoms with Crippen molar-refractivity contribution in [2.75, 3.05) is 24.9 Å². The predicted octanol–water partition coefficient (Wildman–Crippen LogP) is 2.85. The molecule has 2 aromatic carbocycles. The number of hydrogen-bond acceptors (Lipinski definition) is 7. The lowest BCUT2D eigenvalue weighted by molar-refractivity contribution is -0.111. The Labute approximate surface area is 190 Å². The summed E-state index contributed by atoms with van der Waals surface area (Å²) >= 11 is 0. The van der Waals surface area contributed by atoms with Crippen LogP contribution in [0.5, 0.6) is 0 Å². The van der Waals surface area contributed by atoms with E-state index in [1.165, 1.54) is 25.0 Å². The fourth-order valence-corrected chi connectivity index (χ4v) is 3.02. The number of methoxy groups -OCH3 is 2. The second-order valence-corrected chi connectivity index (χ2v) is 6.84. The van der Waals surface area contributed by atoms with Crippen LogP contribution in [0.1, 0.15) is 5.56 Å². The highest BCUT2D eigenvalue weighted by Crippen LogP contribution is 2.20. The number of carbonyl (C=O) groups excluding carboxylic acids is 2. The molecule has 0 unspecified atom stereocenters. The molecule has 0 aliphatic carbocycles. The van der Waals surface area contributed by atoms with Gasteiger partial charge in [-0.1, -0.05) is 30.3 Å². The first-order valence-electron chi connectivity index (χ1n) is 9.99. The van der Waals surface area contributed by atoms with E-state index in [0.717, 1.165) is 5.56 Å². The highest BCUT2D eigenvalue weighted by atomic mass is 16.7. The van der Waals surface area contributed by atoms with Gasteiger partial charge in [0.1, 0.15) is 18.1 Å². The molecule has 1 heterocycles. The molecule has 0 radical (unpaired) electrons. The van der Waals surface area contributed by atoms with Gasteiger partial charge >= 0.3 is 6.09 Å². The number of hydrogen-bond donors (Lipinski definition) is 2. The van der Waals surface area contributed by atoms with E-state index >= 15 is 0 Å². The van der Waals surface area contributed by atoms with E-state index in [1.807, 2.05) is 30.3 Å². The molecule has 3 aromatic rings. The zero-order chi connectivity index (χ0) is 23.6. The van der Waals surface area contributed by atoms with Crippen molar-refractivity contribution in [2.24, 2.45) is 0 Å². The minimum absolute atomic E-state index is 0.0249. The molecule has 10 heteroatoms. The number of carbonyl (C=O) groups is 2. The smallest absolute Gasteiger partial charge is 0.412 e. The topological polar surface area (TPSA) is 121 Å². The van der Waals surface area contributed by atoms with Gasteiger partial charge in [0.15, 0.2) is 6.29 Å². The summed E-state index contributed by atoms with van der Waals surface area (Å²) in [4.78, 5) is 40.4. The van der Waals surface area contributed by atoms with Crippen LogP contribution in [0.15, 0.2) is 65.6 Å². The summed E-state index contributed by atoms with van der Waals surface area (Å²) in [6, 6.07) is 15.9. The summed E-state index contributed by atoms with van der Waals surface area (Å²) in [5, 5.41) is 4.99. The van der Waals surface area contributed by atoms with Gasteiger partial charge < -0.3 is 19.5 Å². The van der Waals surface area contributed by atoms with Crippen LogP contribution in [-0.2, 0) is 32.2 Å². The van der Waals surface area contributed by atoms with Crippen molar-refractivity contribution >= 4 is 23.9 Å². The van der Waals surface area contributed by atoms with E-state index in [4.69, 9.17) is 14.2 Å². The van der Waals surface area contributed by atoms with Gasteiger partial charge in [0.25, 0.3) is 5.56 Å². The maximum atomic E-state index is 13.2.